The van der Waals surface area contributed by atoms with Crippen molar-refractivity contribution in [3.63, 3.8) is 0 Å². The Morgan fingerprint density at radius 3 is 2.30 bits per heavy atom. The Kier molecular flexibility index (Phi) is 8.13. The molecule has 2 aromatic carbocycles. The average molecular weight is 393 g/mol. The van der Waals surface area contributed by atoms with E-state index in [2.05, 4.69) is 6.92 Å². The van der Waals surface area contributed by atoms with Gasteiger partial charge in [0, 0.05) is 18.2 Å². The van der Waals surface area contributed by atoms with Crippen LogP contribution in [0.1, 0.15) is 57.4 Å². The van der Waals surface area contributed by atoms with Crippen molar-refractivity contribution >= 4 is 10.1 Å². The first kappa shape index (κ1) is 21.3. The molecule has 0 aliphatic heterocycles. The number of aromatic hydroxyl groups is 1. The van der Waals surface area contributed by atoms with Crippen LogP contribution in [-0.2, 0) is 16.5 Å². The van der Waals surface area contributed by atoms with Gasteiger partial charge in [-0.05, 0) is 24.5 Å². The molecule has 27 heavy (non-hydrogen) atoms. The molecule has 0 radical (unpaired) electrons. The topological polar surface area (TPSA) is 83.8 Å². The highest BCUT2D eigenvalue weighted by atomic mass is 32.2. The highest BCUT2D eigenvalue weighted by molar-refractivity contribution is 7.85. The Labute approximate surface area is 161 Å². The minimum atomic E-state index is -4.42. The van der Waals surface area contributed by atoms with Crippen molar-refractivity contribution in [3.8, 4) is 17.2 Å². The summed E-state index contributed by atoms with van der Waals surface area (Å²) in [5, 5.41) is 9.71. The quantitative estimate of drug-likeness (QED) is 0.377. The van der Waals surface area contributed by atoms with Gasteiger partial charge in [-0.2, -0.15) is 8.42 Å². The zero-order valence-corrected chi connectivity index (χ0v) is 16.5. The molecule has 0 aliphatic rings. The van der Waals surface area contributed by atoms with Gasteiger partial charge in [-0.3, -0.25) is 4.55 Å². The number of rotatable bonds is 11. The summed E-state index contributed by atoms with van der Waals surface area (Å²) in [6.45, 7) is 2.21. The molecule has 148 valence electrons. The van der Waals surface area contributed by atoms with Gasteiger partial charge in [-0.1, -0.05) is 63.6 Å². The Morgan fingerprint density at radius 1 is 0.926 bits per heavy atom. The van der Waals surface area contributed by atoms with Crippen molar-refractivity contribution in [2.45, 2.75) is 63.2 Å². The summed E-state index contributed by atoms with van der Waals surface area (Å²) in [5.41, 5.74) is 1.03. The summed E-state index contributed by atoms with van der Waals surface area (Å²) >= 11 is 0. The maximum absolute atomic E-state index is 11.3. The monoisotopic (exact) mass is 392 g/mol. The van der Waals surface area contributed by atoms with E-state index in [1.54, 1.807) is 0 Å². The standard InChI is InChI=1S/C21H28O5S/c1-2-3-4-5-6-7-8-11-17-12-9-10-13-21(17)26-19-14-18(22)15-20(16-19)27(23,24)25/h9-10,12-16,22H,2-8,11H2,1H3,(H,23,24,25). The molecule has 0 atom stereocenters. The van der Waals surface area contributed by atoms with Crippen molar-refractivity contribution in [1.29, 1.82) is 0 Å². The fraction of sp³-hybridized carbons (Fsp3) is 0.429. The number of phenolic OH excluding ortho intramolecular Hbond substituents is 1. The predicted molar refractivity (Wildman–Crippen MR) is 106 cm³/mol. The van der Waals surface area contributed by atoms with E-state index >= 15 is 0 Å². The lowest BCUT2D eigenvalue weighted by Gasteiger charge is -2.12. The van der Waals surface area contributed by atoms with Crippen LogP contribution in [-0.4, -0.2) is 18.1 Å². The zero-order valence-electron chi connectivity index (χ0n) is 15.7. The molecule has 0 saturated heterocycles. The first-order valence-electron chi connectivity index (χ1n) is 9.47. The van der Waals surface area contributed by atoms with E-state index in [0.717, 1.165) is 30.9 Å². The maximum Gasteiger partial charge on any atom is 0.294 e. The highest BCUT2D eigenvalue weighted by Crippen LogP contribution is 2.31. The minimum Gasteiger partial charge on any atom is -0.508 e. The molecular formula is C21H28O5S. The number of hydrogen-bond donors (Lipinski definition) is 2. The molecule has 0 bridgehead atoms. The molecule has 0 saturated carbocycles. The average Bonchev–Trinajstić information content (AvgIpc) is 2.61. The van der Waals surface area contributed by atoms with Gasteiger partial charge in [-0.25, -0.2) is 0 Å². The highest BCUT2D eigenvalue weighted by Gasteiger charge is 2.14. The molecule has 2 aromatic rings. The lowest BCUT2D eigenvalue weighted by Crippen LogP contribution is -1.99. The van der Waals surface area contributed by atoms with E-state index in [4.69, 9.17) is 4.74 Å². The Hall–Kier alpha value is -2.05. The lowest BCUT2D eigenvalue weighted by atomic mass is 10.0. The van der Waals surface area contributed by atoms with Gasteiger partial charge in [0.1, 0.15) is 22.1 Å². The fourth-order valence-corrected chi connectivity index (χ4v) is 3.51. The number of aryl methyl sites for hydroxylation is 1. The second-order valence-electron chi connectivity index (χ2n) is 6.72. The van der Waals surface area contributed by atoms with Crippen molar-refractivity contribution in [3.05, 3.63) is 48.0 Å². The number of unbranched alkanes of at least 4 members (excludes halogenated alkanes) is 6. The van der Waals surface area contributed by atoms with Gasteiger partial charge in [0.15, 0.2) is 0 Å². The molecule has 2 N–H and O–H groups in total. The zero-order chi connectivity index (χ0) is 19.7. The number of ether oxygens (including phenoxy) is 1. The van der Waals surface area contributed by atoms with E-state index in [1.165, 1.54) is 44.2 Å². The molecule has 0 aliphatic carbocycles. The van der Waals surface area contributed by atoms with Crippen molar-refractivity contribution in [1.82, 2.24) is 0 Å². The number of para-hydroxylation sites is 1. The summed E-state index contributed by atoms with van der Waals surface area (Å²) in [4.78, 5) is -0.401. The first-order valence-corrected chi connectivity index (χ1v) is 10.9. The molecule has 0 amide bonds. The lowest BCUT2D eigenvalue weighted by molar-refractivity contribution is 0.444. The molecule has 2 rings (SSSR count). The van der Waals surface area contributed by atoms with E-state index in [1.807, 2.05) is 24.3 Å². The second kappa shape index (κ2) is 10.3. The van der Waals surface area contributed by atoms with Crippen LogP contribution in [0.3, 0.4) is 0 Å². The van der Waals surface area contributed by atoms with Crippen LogP contribution in [0.15, 0.2) is 47.4 Å². The molecule has 0 spiro atoms. The number of benzene rings is 2. The van der Waals surface area contributed by atoms with Crippen LogP contribution < -0.4 is 4.74 Å². The predicted octanol–water partition coefficient (Wildman–Crippen LogP) is 5.72. The van der Waals surface area contributed by atoms with Crippen LogP contribution in [0.2, 0.25) is 0 Å². The van der Waals surface area contributed by atoms with Crippen LogP contribution in [0.5, 0.6) is 17.2 Å². The van der Waals surface area contributed by atoms with Gasteiger partial charge in [-0.15, -0.1) is 0 Å². The van der Waals surface area contributed by atoms with E-state index < -0.39 is 15.0 Å². The second-order valence-corrected chi connectivity index (χ2v) is 8.14. The summed E-state index contributed by atoms with van der Waals surface area (Å²) in [7, 11) is -4.42. The minimum absolute atomic E-state index is 0.162. The molecule has 0 heterocycles. The van der Waals surface area contributed by atoms with Gasteiger partial charge < -0.3 is 9.84 Å². The summed E-state index contributed by atoms with van der Waals surface area (Å²) in [6.07, 6.45) is 9.43. The van der Waals surface area contributed by atoms with Crippen molar-refractivity contribution in [2.24, 2.45) is 0 Å². The fourth-order valence-electron chi connectivity index (χ4n) is 2.97. The summed E-state index contributed by atoms with van der Waals surface area (Å²) in [5.74, 6) is 0.495. The van der Waals surface area contributed by atoms with Crippen LogP contribution in [0.4, 0.5) is 0 Å². The van der Waals surface area contributed by atoms with Crippen LogP contribution >= 0.6 is 0 Å². The molecule has 5 nitrogen and oxygen atoms in total. The number of phenols is 1. The summed E-state index contributed by atoms with van der Waals surface area (Å²) < 4.78 is 37.6. The molecule has 0 fully saturated rings. The van der Waals surface area contributed by atoms with E-state index in [-0.39, 0.29) is 11.5 Å². The van der Waals surface area contributed by atoms with Gasteiger partial charge in [0.25, 0.3) is 10.1 Å². The SMILES string of the molecule is CCCCCCCCCc1ccccc1Oc1cc(O)cc(S(=O)(=O)O)c1. The number of hydrogen-bond acceptors (Lipinski definition) is 4. The maximum atomic E-state index is 11.3. The van der Waals surface area contributed by atoms with Crippen molar-refractivity contribution in [2.75, 3.05) is 0 Å². The Balaban J connectivity index is 2.01. The normalized spacial score (nSPS) is 11.5. The largest absolute Gasteiger partial charge is 0.508 e. The molecule has 0 unspecified atom stereocenters. The molecule has 6 heteroatoms. The van der Waals surface area contributed by atoms with Crippen LogP contribution in [0, 0.1) is 0 Å². The third-order valence-electron chi connectivity index (χ3n) is 4.41. The van der Waals surface area contributed by atoms with Crippen LogP contribution in [0.25, 0.3) is 0 Å². The third-order valence-corrected chi connectivity index (χ3v) is 5.24. The Bertz CT molecular complexity index is 830. The van der Waals surface area contributed by atoms with Gasteiger partial charge in [0.2, 0.25) is 0 Å². The summed E-state index contributed by atoms with van der Waals surface area (Å²) in [6, 6.07) is 11.1. The van der Waals surface area contributed by atoms with E-state index in [0.29, 0.717) is 5.75 Å². The Morgan fingerprint density at radius 2 is 1.59 bits per heavy atom. The van der Waals surface area contributed by atoms with Gasteiger partial charge in [0.05, 0.1) is 0 Å². The molecular weight excluding hydrogens is 364 g/mol. The third kappa shape index (κ3) is 7.23. The van der Waals surface area contributed by atoms with E-state index in [9.17, 15) is 18.1 Å². The van der Waals surface area contributed by atoms with Crippen molar-refractivity contribution < 1.29 is 22.8 Å². The smallest absolute Gasteiger partial charge is 0.294 e. The van der Waals surface area contributed by atoms with Gasteiger partial charge >= 0.3 is 0 Å². The first-order chi connectivity index (χ1) is 12.9. The molecule has 0 aromatic heterocycles.